The van der Waals surface area contributed by atoms with Gasteiger partial charge in [-0.15, -0.1) is 0 Å². The molecule has 0 spiro atoms. The number of rotatable bonds is 25. The summed E-state index contributed by atoms with van der Waals surface area (Å²) < 4.78 is 50.9. The summed E-state index contributed by atoms with van der Waals surface area (Å²) in [5, 5.41) is 15.2. The van der Waals surface area contributed by atoms with E-state index in [1.165, 1.54) is 20.8 Å². The van der Waals surface area contributed by atoms with E-state index >= 15 is 0 Å². The number of ether oxygens (including phenoxy) is 9. The molecule has 0 aliphatic carbocycles. The van der Waals surface area contributed by atoms with Crippen molar-refractivity contribution in [1.29, 1.82) is 0 Å². The highest BCUT2D eigenvalue weighted by Crippen LogP contribution is 2.36. The van der Waals surface area contributed by atoms with Crippen molar-refractivity contribution in [3.05, 3.63) is 71.8 Å². The molecule has 2 heterocycles. The van der Waals surface area contributed by atoms with E-state index in [0.29, 0.717) is 5.56 Å². The molecule has 25 heteroatoms. The lowest BCUT2D eigenvalue weighted by Gasteiger charge is -2.49. The molecule has 2 aliphatic heterocycles. The number of carbonyl (C=O) groups is 9. The van der Waals surface area contributed by atoms with Crippen LogP contribution in [0.15, 0.2) is 60.7 Å². The fourth-order valence-corrected chi connectivity index (χ4v) is 8.38. The maximum Gasteiger partial charge on any atom is 0.408 e. The van der Waals surface area contributed by atoms with Crippen molar-refractivity contribution in [2.75, 3.05) is 46.0 Å². The number of amides is 6. The molecule has 2 saturated heterocycles. The fourth-order valence-electron chi connectivity index (χ4n) is 7.32. The second kappa shape index (κ2) is 29.5. The third kappa shape index (κ3) is 19.5. The Bertz CT molecular complexity index is 2220. The average molecular weight is 1060 g/mol. The molecule has 2 aromatic rings. The van der Waals surface area contributed by atoms with Crippen LogP contribution in [-0.4, -0.2) is 166 Å². The molecule has 2 fully saturated rings. The van der Waals surface area contributed by atoms with E-state index < -0.39 is 139 Å². The number of fused-ring (bicyclic) bond motifs is 1. The maximum absolute atomic E-state index is 13.8. The van der Waals surface area contributed by atoms with Crippen LogP contribution in [0.4, 0.5) is 4.79 Å². The molecule has 24 nitrogen and oxygen atoms in total. The second-order valence-corrected chi connectivity index (χ2v) is 19.1. The Morgan fingerprint density at radius 2 is 1.38 bits per heavy atom. The van der Waals surface area contributed by atoms with E-state index in [4.69, 9.17) is 37.9 Å². The monoisotopic (exact) mass is 1060 g/mol. The van der Waals surface area contributed by atoms with Crippen LogP contribution in [0.1, 0.15) is 71.8 Å². The topological polar surface area (TPSA) is 309 Å². The SMILES string of the molecule is COC(=O)CNC(=O)[C@@H](CSC[C@H](NC(=O)OC(C)(C)C)C(=O)OC)NC(=O)CC[C@@H](NC(=O)[C@H](C)NC(=O)[C@@H](C)OC1C(NC(C)=O)[C@@H](OCc2ccccc2)OC2COC(c3ccccc3)O[C@H]21)C(=O)OC. The van der Waals surface area contributed by atoms with Gasteiger partial charge in [0.1, 0.15) is 66.8 Å². The average Bonchev–Trinajstić information content (AvgIpc) is 3.37. The van der Waals surface area contributed by atoms with Crippen LogP contribution in [0, 0.1) is 0 Å². The molecule has 0 bridgehead atoms. The van der Waals surface area contributed by atoms with Crippen molar-refractivity contribution in [2.24, 2.45) is 0 Å². The van der Waals surface area contributed by atoms with E-state index in [1.807, 2.05) is 60.7 Å². The summed E-state index contributed by atoms with van der Waals surface area (Å²) in [6.07, 6.45) is -7.63. The summed E-state index contributed by atoms with van der Waals surface area (Å²) in [5.41, 5.74) is 0.660. The first-order valence-corrected chi connectivity index (χ1v) is 24.8. The third-order valence-corrected chi connectivity index (χ3v) is 12.2. The lowest BCUT2D eigenvalue weighted by Crippen LogP contribution is -2.68. The molecule has 74 heavy (non-hydrogen) atoms. The van der Waals surface area contributed by atoms with E-state index in [9.17, 15) is 43.2 Å². The molecule has 408 valence electrons. The predicted octanol–water partition coefficient (Wildman–Crippen LogP) is 0.837. The molecule has 2 aliphatic rings. The predicted molar refractivity (Wildman–Crippen MR) is 262 cm³/mol. The molecule has 0 radical (unpaired) electrons. The number of hydrogen-bond acceptors (Lipinski definition) is 19. The minimum absolute atomic E-state index is 0.0460. The summed E-state index contributed by atoms with van der Waals surface area (Å²) >= 11 is 0.975. The van der Waals surface area contributed by atoms with E-state index in [2.05, 4.69) is 36.6 Å². The maximum atomic E-state index is 13.8. The number of benzene rings is 2. The Kier molecular flexibility index (Phi) is 24.0. The summed E-state index contributed by atoms with van der Waals surface area (Å²) in [4.78, 5) is 116. The number of alkyl carbamates (subject to hydrolysis) is 1. The molecular weight excluding hydrogens is 993 g/mol. The second-order valence-electron chi connectivity index (χ2n) is 18.0. The van der Waals surface area contributed by atoms with E-state index in [-0.39, 0.29) is 31.1 Å². The molecule has 0 aromatic heterocycles. The van der Waals surface area contributed by atoms with E-state index in [0.717, 1.165) is 38.7 Å². The van der Waals surface area contributed by atoms with Crippen molar-refractivity contribution >= 4 is 65.3 Å². The minimum Gasteiger partial charge on any atom is -0.468 e. The zero-order valence-electron chi connectivity index (χ0n) is 42.8. The van der Waals surface area contributed by atoms with Gasteiger partial charge in [-0.2, -0.15) is 11.8 Å². The molecule has 4 rings (SSSR count). The summed E-state index contributed by atoms with van der Waals surface area (Å²) in [6, 6.07) is 12.2. The van der Waals surface area contributed by atoms with Gasteiger partial charge in [0.25, 0.3) is 0 Å². The number of methoxy groups -OCH3 is 3. The highest BCUT2D eigenvalue weighted by Gasteiger charge is 2.52. The Morgan fingerprint density at radius 3 is 2.00 bits per heavy atom. The normalized spacial score (nSPS) is 21.3. The molecule has 6 amide bonds. The van der Waals surface area contributed by atoms with E-state index in [1.54, 1.807) is 20.8 Å². The highest BCUT2D eigenvalue weighted by atomic mass is 32.2. The number of thioether (sulfide) groups is 1. The molecule has 4 unspecified atom stereocenters. The van der Waals surface area contributed by atoms with Crippen molar-refractivity contribution in [3.63, 3.8) is 0 Å². The molecular formula is C49H68N6O18S. The van der Waals surface area contributed by atoms with Crippen LogP contribution in [0.2, 0.25) is 0 Å². The van der Waals surface area contributed by atoms with Crippen molar-refractivity contribution in [3.8, 4) is 0 Å². The fraction of sp³-hybridized carbons (Fsp3) is 0.571. The third-order valence-electron chi connectivity index (χ3n) is 11.0. The van der Waals surface area contributed by atoms with Gasteiger partial charge in [-0.25, -0.2) is 14.4 Å². The smallest absolute Gasteiger partial charge is 0.408 e. The highest BCUT2D eigenvalue weighted by molar-refractivity contribution is 7.99. The molecule has 6 N–H and O–H groups in total. The van der Waals surface area contributed by atoms with Crippen LogP contribution in [0.25, 0.3) is 0 Å². The van der Waals surface area contributed by atoms with Crippen LogP contribution in [-0.2, 0) is 87.6 Å². The zero-order chi connectivity index (χ0) is 54.5. The molecule has 0 saturated carbocycles. The Labute approximate surface area is 433 Å². The number of nitrogens with one attached hydrogen (secondary N) is 6. The lowest BCUT2D eigenvalue weighted by molar-refractivity contribution is -0.351. The van der Waals surface area contributed by atoms with Crippen LogP contribution in [0.5, 0.6) is 0 Å². The zero-order valence-corrected chi connectivity index (χ0v) is 43.6. The van der Waals surface area contributed by atoms with Gasteiger partial charge in [0, 0.05) is 30.4 Å². The van der Waals surface area contributed by atoms with Crippen molar-refractivity contribution < 1.29 is 85.8 Å². The van der Waals surface area contributed by atoms with Crippen LogP contribution in [0.3, 0.4) is 0 Å². The van der Waals surface area contributed by atoms with Gasteiger partial charge < -0.3 is 74.5 Å². The van der Waals surface area contributed by atoms with Gasteiger partial charge >= 0.3 is 24.0 Å². The summed E-state index contributed by atoms with van der Waals surface area (Å²) in [7, 11) is 3.31. The van der Waals surface area contributed by atoms with Crippen LogP contribution < -0.4 is 31.9 Å². The number of esters is 3. The Balaban J connectivity index is 1.42. The number of carbonyl (C=O) groups excluding carboxylic acids is 9. The van der Waals surface area contributed by atoms with Gasteiger partial charge in [0.05, 0.1) is 34.5 Å². The quantitative estimate of drug-likeness (QED) is 0.0593. The van der Waals surface area contributed by atoms with Gasteiger partial charge in [-0.05, 0) is 46.6 Å². The number of hydrogen-bond donors (Lipinski definition) is 6. The Hall–Kier alpha value is -6.38. The van der Waals surface area contributed by atoms with Crippen LogP contribution >= 0.6 is 11.8 Å². The Morgan fingerprint density at radius 1 is 0.743 bits per heavy atom. The summed E-state index contributed by atoms with van der Waals surface area (Å²) in [5.74, 6) is -6.43. The van der Waals surface area contributed by atoms with Gasteiger partial charge in [0.15, 0.2) is 12.6 Å². The molecule has 2 aromatic carbocycles. The largest absolute Gasteiger partial charge is 0.468 e. The summed E-state index contributed by atoms with van der Waals surface area (Å²) in [6.45, 7) is 8.62. The van der Waals surface area contributed by atoms with Gasteiger partial charge in [0.2, 0.25) is 29.5 Å². The lowest BCUT2D eigenvalue weighted by atomic mass is 9.95. The minimum atomic E-state index is -1.42. The standard InChI is InChI=1S/C49H68N6O18S/c1-27(41(59)54-32(44(62)66-8)20-21-36(57)53-33(43(61)50-22-37(58)65-7)25-74-26-34(45(63)67-9)55-48(64)73-49(4,5)6)51-42(60)28(2)70-40-38(52-29(3)56)47(68-23-30-16-12-10-13-17-30)71-35-24-69-46(72-39(35)40)31-18-14-11-15-19-31/h10-19,27-28,32-35,38-40,46-47H,20-26H2,1-9H3,(H,50,61)(H,51,60)(H,52,56)(H,53,57)(H,54,59)(H,55,64)/t27-,28+,32+,33+,34-,35?,38?,39+,40?,46?,47-/m0/s1. The first-order chi connectivity index (χ1) is 35.1. The first kappa shape index (κ1) is 60.2. The van der Waals surface area contributed by atoms with Crippen molar-refractivity contribution in [1.82, 2.24) is 31.9 Å². The van der Waals surface area contributed by atoms with Crippen molar-refractivity contribution in [2.45, 2.75) is 134 Å². The first-order valence-electron chi connectivity index (χ1n) is 23.7. The van der Waals surface area contributed by atoms with Gasteiger partial charge in [-0.1, -0.05) is 60.7 Å². The molecule has 11 atom stereocenters. The van der Waals surface area contributed by atoms with Gasteiger partial charge in [-0.3, -0.25) is 28.8 Å².